The third kappa shape index (κ3) is 30.5. The summed E-state index contributed by atoms with van der Waals surface area (Å²) in [5.74, 6) is -0.963. The molecule has 416 valence electrons. The summed E-state index contributed by atoms with van der Waals surface area (Å²) in [5, 5.41) is 72.2. The molecule has 2 aliphatic rings. The summed E-state index contributed by atoms with van der Waals surface area (Å²) in [6.45, 7) is 2.52. The van der Waals surface area contributed by atoms with Gasteiger partial charge < -0.3 is 64.2 Å². The zero-order valence-electron chi connectivity index (χ0n) is 44.1. The van der Waals surface area contributed by atoms with Crippen molar-refractivity contribution in [2.45, 2.75) is 261 Å². The molecule has 15 heteroatoms. The predicted octanol–water partition coefficient (Wildman–Crippen LogP) is 8.83. The summed E-state index contributed by atoms with van der Waals surface area (Å²) < 4.78 is 33.6. The molecule has 0 aromatic rings. The first-order valence-electron chi connectivity index (χ1n) is 27.9. The standard InChI is InChI=1S/C57H98O15/c1-3-5-7-9-11-13-15-17-19-21-22-24-26-28-30-32-34-36-38-40-49(60)70-45(42-67-48(59)39-37-35-33-31-29-27-25-23-20-18-16-14-12-10-8-6-4-2)43-68-56-55(66)53(64)51(62)47(72-56)44-69-57-54(65)52(63)50(61)46(41-58)71-57/h11,13-14,16-17,19,22,24,28,30,45-47,50-58,61-66H,3-10,12,15,18,20-21,23,25-27,29,31-44H2,1-2H3/b13-11+,16-14+,19-17+,24-22+,30-28+/t45-,46+,47+,50-,51-,52?,53?,54?,55?,56+,57+/m1/s1. The van der Waals surface area contributed by atoms with Crippen LogP contribution in [0.5, 0.6) is 0 Å². The number of allylic oxidation sites excluding steroid dienone is 10. The van der Waals surface area contributed by atoms with Gasteiger partial charge in [-0.1, -0.05) is 158 Å². The summed E-state index contributed by atoms with van der Waals surface area (Å²) in [6, 6.07) is 0. The van der Waals surface area contributed by atoms with Gasteiger partial charge in [-0.15, -0.1) is 0 Å². The number of esters is 2. The molecule has 2 rings (SSSR count). The van der Waals surface area contributed by atoms with Crippen LogP contribution in [-0.2, 0) is 38.0 Å². The van der Waals surface area contributed by atoms with E-state index in [1.165, 1.54) is 83.5 Å². The summed E-state index contributed by atoms with van der Waals surface area (Å²) >= 11 is 0. The van der Waals surface area contributed by atoms with Crippen molar-refractivity contribution in [3.8, 4) is 0 Å². The zero-order chi connectivity index (χ0) is 52.4. The van der Waals surface area contributed by atoms with E-state index < -0.39 is 99.3 Å². The topological polar surface area (TPSA) is 231 Å². The molecule has 0 saturated carbocycles. The second-order valence-corrected chi connectivity index (χ2v) is 19.4. The lowest BCUT2D eigenvalue weighted by Gasteiger charge is -2.42. The molecule has 2 aliphatic heterocycles. The van der Waals surface area contributed by atoms with Crippen LogP contribution in [0.1, 0.15) is 194 Å². The van der Waals surface area contributed by atoms with E-state index in [0.29, 0.717) is 12.8 Å². The fraction of sp³-hybridized carbons (Fsp3) is 0.789. The molecule has 4 unspecified atom stereocenters. The highest BCUT2D eigenvalue weighted by Gasteiger charge is 2.47. The largest absolute Gasteiger partial charge is 0.462 e. The van der Waals surface area contributed by atoms with E-state index in [9.17, 15) is 45.3 Å². The predicted molar refractivity (Wildman–Crippen MR) is 280 cm³/mol. The number of aliphatic hydroxyl groups excluding tert-OH is 7. The molecule has 0 bridgehead atoms. The Morgan fingerprint density at radius 1 is 0.444 bits per heavy atom. The minimum atomic E-state index is -1.77. The number of hydrogen-bond donors (Lipinski definition) is 7. The molecule has 15 nitrogen and oxygen atoms in total. The Bertz CT molecular complexity index is 1480. The van der Waals surface area contributed by atoms with Crippen molar-refractivity contribution < 1.29 is 73.8 Å². The summed E-state index contributed by atoms with van der Waals surface area (Å²) in [4.78, 5) is 25.8. The highest BCUT2D eigenvalue weighted by molar-refractivity contribution is 5.70. The van der Waals surface area contributed by atoms with Gasteiger partial charge in [0, 0.05) is 12.8 Å². The molecule has 0 aromatic carbocycles. The van der Waals surface area contributed by atoms with Crippen LogP contribution < -0.4 is 0 Å². The average molecular weight is 1020 g/mol. The van der Waals surface area contributed by atoms with Crippen molar-refractivity contribution >= 4 is 11.9 Å². The van der Waals surface area contributed by atoms with Gasteiger partial charge in [0.2, 0.25) is 0 Å². The fourth-order valence-corrected chi connectivity index (χ4v) is 8.37. The lowest BCUT2D eigenvalue weighted by atomic mass is 9.98. The van der Waals surface area contributed by atoms with Crippen LogP contribution in [0, 0.1) is 0 Å². The highest BCUT2D eigenvalue weighted by atomic mass is 16.7. The molecular weight excluding hydrogens is 925 g/mol. The van der Waals surface area contributed by atoms with Crippen LogP contribution in [0.3, 0.4) is 0 Å². The third-order valence-electron chi connectivity index (χ3n) is 13.0. The van der Waals surface area contributed by atoms with E-state index >= 15 is 0 Å². The summed E-state index contributed by atoms with van der Waals surface area (Å²) in [6.07, 6.45) is 33.8. The third-order valence-corrected chi connectivity index (χ3v) is 13.0. The summed E-state index contributed by atoms with van der Waals surface area (Å²) in [7, 11) is 0. The molecule has 2 heterocycles. The van der Waals surface area contributed by atoms with Gasteiger partial charge in [0.15, 0.2) is 18.7 Å². The number of unbranched alkanes of at least 4 members (excludes halogenated alkanes) is 19. The van der Waals surface area contributed by atoms with Gasteiger partial charge in [0.05, 0.1) is 19.8 Å². The number of aliphatic hydroxyl groups is 7. The van der Waals surface area contributed by atoms with Crippen molar-refractivity contribution in [1.82, 2.24) is 0 Å². The second kappa shape index (κ2) is 43.4. The van der Waals surface area contributed by atoms with Crippen LogP contribution in [0.2, 0.25) is 0 Å². The molecule has 0 radical (unpaired) electrons. The Hall–Kier alpha value is -2.80. The normalized spacial score (nSPS) is 25.5. The molecule has 2 saturated heterocycles. The Kier molecular flexibility index (Phi) is 39.4. The van der Waals surface area contributed by atoms with Crippen molar-refractivity contribution in [2.75, 3.05) is 26.4 Å². The van der Waals surface area contributed by atoms with Gasteiger partial charge >= 0.3 is 11.9 Å². The molecule has 0 aromatic heterocycles. The number of ether oxygens (including phenoxy) is 6. The lowest BCUT2D eigenvalue weighted by molar-refractivity contribution is -0.332. The molecule has 0 aliphatic carbocycles. The smallest absolute Gasteiger partial charge is 0.306 e. The highest BCUT2D eigenvalue weighted by Crippen LogP contribution is 2.26. The maximum Gasteiger partial charge on any atom is 0.306 e. The van der Waals surface area contributed by atoms with Gasteiger partial charge in [-0.05, 0) is 83.5 Å². The maximum absolute atomic E-state index is 13.0. The number of carbonyl (C=O) groups excluding carboxylic acids is 2. The quantitative estimate of drug-likeness (QED) is 0.0172. The zero-order valence-corrected chi connectivity index (χ0v) is 44.1. The molecular formula is C57H98O15. The Morgan fingerprint density at radius 2 is 0.833 bits per heavy atom. The fourth-order valence-electron chi connectivity index (χ4n) is 8.37. The van der Waals surface area contributed by atoms with Gasteiger partial charge in [0.25, 0.3) is 0 Å². The Morgan fingerprint density at radius 3 is 1.36 bits per heavy atom. The van der Waals surface area contributed by atoms with Crippen molar-refractivity contribution in [3.63, 3.8) is 0 Å². The Balaban J connectivity index is 1.80. The minimum Gasteiger partial charge on any atom is -0.462 e. The van der Waals surface area contributed by atoms with Crippen molar-refractivity contribution in [2.24, 2.45) is 0 Å². The first-order chi connectivity index (χ1) is 35.0. The van der Waals surface area contributed by atoms with Crippen LogP contribution >= 0.6 is 0 Å². The number of rotatable bonds is 43. The van der Waals surface area contributed by atoms with Gasteiger partial charge in [-0.2, -0.15) is 0 Å². The maximum atomic E-state index is 13.0. The van der Waals surface area contributed by atoms with Crippen molar-refractivity contribution in [3.05, 3.63) is 60.8 Å². The van der Waals surface area contributed by atoms with E-state index in [1.54, 1.807) is 0 Å². The molecule has 0 amide bonds. The van der Waals surface area contributed by atoms with Crippen LogP contribution in [0.15, 0.2) is 60.8 Å². The average Bonchev–Trinajstić information content (AvgIpc) is 3.37. The lowest BCUT2D eigenvalue weighted by Crippen LogP contribution is -2.61. The van der Waals surface area contributed by atoms with Crippen LogP contribution in [0.4, 0.5) is 0 Å². The molecule has 72 heavy (non-hydrogen) atoms. The van der Waals surface area contributed by atoms with Gasteiger partial charge in [0.1, 0.15) is 55.4 Å². The van der Waals surface area contributed by atoms with Crippen LogP contribution in [0.25, 0.3) is 0 Å². The number of hydrogen-bond acceptors (Lipinski definition) is 15. The van der Waals surface area contributed by atoms with Crippen molar-refractivity contribution in [1.29, 1.82) is 0 Å². The Labute approximate surface area is 432 Å². The second-order valence-electron chi connectivity index (χ2n) is 19.4. The van der Waals surface area contributed by atoms with E-state index in [2.05, 4.69) is 74.6 Å². The molecule has 0 spiro atoms. The van der Waals surface area contributed by atoms with E-state index in [1.807, 2.05) is 0 Å². The van der Waals surface area contributed by atoms with E-state index in [4.69, 9.17) is 28.4 Å². The SMILES string of the molecule is CCCCC/C=C/C/C=C/C/C=C/C/C=C/CCCCCC(=O)O[C@H](COC(=O)CCCCCCCCCCC/C=C/CCCCCC)CO[C@H]1O[C@@H](CO[C@H]2O[C@@H](CO)[C@@H](O)C(O)C2O)[C@@H](O)C(O)C1O. The molecule has 7 N–H and O–H groups in total. The monoisotopic (exact) mass is 1020 g/mol. The molecule has 11 atom stereocenters. The van der Waals surface area contributed by atoms with Gasteiger partial charge in [-0.3, -0.25) is 9.59 Å². The van der Waals surface area contributed by atoms with Crippen LogP contribution in [-0.4, -0.2) is 142 Å². The molecule has 2 fully saturated rings. The number of carbonyl (C=O) groups is 2. The summed E-state index contributed by atoms with van der Waals surface area (Å²) in [5.41, 5.74) is 0. The first kappa shape index (κ1) is 65.3. The van der Waals surface area contributed by atoms with E-state index in [-0.39, 0.29) is 19.4 Å². The van der Waals surface area contributed by atoms with Gasteiger partial charge in [-0.25, -0.2) is 0 Å². The first-order valence-corrected chi connectivity index (χ1v) is 27.9. The van der Waals surface area contributed by atoms with E-state index in [0.717, 1.165) is 70.6 Å². The minimum absolute atomic E-state index is 0.125.